The smallest absolute Gasteiger partial charge is 0.197 e. The Morgan fingerprint density at radius 1 is 0.184 bits per heavy atom. The Morgan fingerprint density at radius 3 is 0.925 bits per heavy atom. The van der Waals surface area contributed by atoms with Gasteiger partial charge in [0, 0.05) is 124 Å². The van der Waals surface area contributed by atoms with E-state index in [4.69, 9.17) is 34.3 Å². The van der Waals surface area contributed by atoms with Crippen LogP contribution in [-0.2, 0) is 0 Å². The lowest BCUT2D eigenvalue weighted by Crippen LogP contribution is -2.03. The Morgan fingerprint density at radius 2 is 0.490 bits per heavy atom. The van der Waals surface area contributed by atoms with Gasteiger partial charge in [-0.05, 0) is 214 Å². The van der Waals surface area contributed by atoms with Crippen molar-refractivity contribution in [1.82, 2.24) is 57.3 Å². The number of aromatic nitrogens is 12. The van der Waals surface area contributed by atoms with Crippen LogP contribution in [0.3, 0.4) is 0 Å². The zero-order valence-corrected chi connectivity index (χ0v) is 80.3. The number of nitrogens with zero attached hydrogens (tertiary/aromatic N) is 12. The van der Waals surface area contributed by atoms with Crippen LogP contribution in [0.5, 0.6) is 0 Å². The highest BCUT2D eigenvalue weighted by Crippen LogP contribution is 2.49. The van der Waals surface area contributed by atoms with Gasteiger partial charge in [-0.1, -0.05) is 291 Å². The Hall–Kier alpha value is -19.3. The van der Waals surface area contributed by atoms with Crippen LogP contribution in [0.2, 0.25) is 0 Å². The topological polar surface area (TPSA) is 120 Å². The maximum atomic E-state index is 6.61. The molecule has 0 atom stereocenters. The fraction of sp³-hybridized carbons (Fsp3) is 0. The summed E-state index contributed by atoms with van der Waals surface area (Å²) >= 11 is 3.47. The van der Waals surface area contributed by atoms with Gasteiger partial charge < -0.3 is 18.1 Å². The number of benzene rings is 21. The maximum absolute atomic E-state index is 6.61. The van der Waals surface area contributed by atoms with Gasteiger partial charge in [0.15, 0.2) is 34.7 Å². The highest BCUT2D eigenvalue weighted by Gasteiger charge is 2.29. The van der Waals surface area contributed by atoms with E-state index in [1.807, 2.05) is 18.2 Å². The molecule has 13 nitrogen and oxygen atoms in total. The minimum atomic E-state index is 0.652. The fourth-order valence-electron chi connectivity index (χ4n) is 23.1. The predicted molar refractivity (Wildman–Crippen MR) is 614 cm³/mol. The molecular formula is C132H78N12OS2. The number of rotatable bonds is 9. The largest absolute Gasteiger partial charge is 0.450 e. The molecule has 0 bridgehead atoms. The van der Waals surface area contributed by atoms with Gasteiger partial charge in [-0.3, -0.25) is 13.7 Å². The molecule has 0 aliphatic heterocycles. The van der Waals surface area contributed by atoms with Crippen molar-refractivity contribution in [1.29, 1.82) is 0 Å². The van der Waals surface area contributed by atoms with Gasteiger partial charge >= 0.3 is 0 Å². The summed E-state index contributed by atoms with van der Waals surface area (Å²) in [6.07, 6.45) is 0. The molecule has 33 rings (SSSR count). The summed E-state index contributed by atoms with van der Waals surface area (Å²) in [5, 5.41) is 24.8. The minimum absolute atomic E-state index is 0.652. The molecule has 0 unspecified atom stereocenters. The lowest BCUT2D eigenvalue weighted by molar-refractivity contribution is 0.662. The van der Waals surface area contributed by atoms with Crippen LogP contribution in [0.25, 0.3) is 295 Å². The number of thiophene rings is 2. The number of para-hydroxylation sites is 10. The zero-order chi connectivity index (χ0) is 96.2. The summed E-state index contributed by atoms with van der Waals surface area (Å²) < 4.78 is 24.1. The lowest BCUT2D eigenvalue weighted by atomic mass is 10.1. The van der Waals surface area contributed by atoms with E-state index in [1.54, 1.807) is 22.7 Å². The highest BCUT2D eigenvalue weighted by atomic mass is 32.1. The average Bonchev–Trinajstić information content (AvgIpc) is 1.57. The van der Waals surface area contributed by atoms with Crippen molar-refractivity contribution in [3.63, 3.8) is 0 Å². The van der Waals surface area contributed by atoms with Crippen molar-refractivity contribution >= 4 is 249 Å². The highest BCUT2D eigenvalue weighted by molar-refractivity contribution is 7.26. The first kappa shape index (κ1) is 82.4. The van der Waals surface area contributed by atoms with E-state index in [0.29, 0.717) is 11.4 Å². The van der Waals surface area contributed by atoms with E-state index in [2.05, 4.69) is 482 Å². The molecule has 0 saturated carbocycles. The SMILES string of the molecule is c1ccc(-n2c3ccccc3c3cc(-c4nc(-n5c6ccccc6c6cc7ccccc7cc65)c5oc6ccccc6c5n4)ccc32)cc1.c1ccc(-n2c3ccccc3c3cc(-c4nc(-n5c6ccccc6c6cc7ccccc7cc65)c5sc6ccccc6c5n4)ccc32)cc1.c1ccc(-n2c3ccccc3c3cc(-c4nc5c(nc4-n4c6ccccc6c6cc7ccccc7cc64)sc4ccccc45)ccc32)cc1. The standard InChI is InChI=1S/C44H26N4O.2C44H26N4S/c2*1-2-14-30(15-3-1)47-36-19-9-6-16-31(36)34-25-29(22-23-38(34)47)43-45-41-33-18-8-11-21-40(33)49-42(41)44(46-43)48-37-20-10-7-17-32(37)35-24-27-12-4-5-13-28(27)26-39(35)48;1-2-14-30(15-3-1)47-36-19-9-6-16-31(36)34-25-29(22-23-38(34)47)41-43(46-44-42(45-41)33-18-8-11-21-40(33)49-44)48-37-20-10-7-17-32(37)35-24-27-12-4-5-13-28(27)26-39(35)48/h3*1-26H. The number of hydrogen-bond donors (Lipinski definition) is 0. The van der Waals surface area contributed by atoms with Gasteiger partial charge in [-0.2, -0.15) is 0 Å². The normalized spacial score (nSPS) is 12.1. The Balaban J connectivity index is 0.0000000999. The van der Waals surface area contributed by atoms with Crippen LogP contribution in [0.4, 0.5) is 0 Å². The van der Waals surface area contributed by atoms with Crippen molar-refractivity contribution < 1.29 is 4.42 Å². The molecule has 33 aromatic rings. The first-order valence-corrected chi connectivity index (χ1v) is 51.2. The Labute approximate surface area is 845 Å². The van der Waals surface area contributed by atoms with E-state index in [1.165, 1.54) is 112 Å². The molecule has 0 aliphatic carbocycles. The van der Waals surface area contributed by atoms with Crippen molar-refractivity contribution in [2.24, 2.45) is 0 Å². The van der Waals surface area contributed by atoms with Crippen molar-refractivity contribution in [3.8, 4) is 68.5 Å². The summed E-state index contributed by atoms with van der Waals surface area (Å²) in [5.41, 5.74) is 25.1. The molecule has 0 fully saturated rings. The third-order valence-electron chi connectivity index (χ3n) is 29.7. The van der Waals surface area contributed by atoms with Gasteiger partial charge in [0.1, 0.15) is 27.1 Å². The van der Waals surface area contributed by atoms with Gasteiger partial charge in [0.2, 0.25) is 0 Å². The van der Waals surface area contributed by atoms with E-state index in [9.17, 15) is 0 Å². The Kier molecular flexibility index (Phi) is 18.3. The van der Waals surface area contributed by atoms with Crippen LogP contribution in [0.1, 0.15) is 0 Å². The van der Waals surface area contributed by atoms with E-state index >= 15 is 0 Å². The molecule has 0 saturated heterocycles. The maximum Gasteiger partial charge on any atom is 0.197 e. The van der Waals surface area contributed by atoms with Gasteiger partial charge in [-0.15, -0.1) is 22.7 Å². The number of fused-ring (bicyclic) bond motifs is 30. The summed E-state index contributed by atoms with van der Waals surface area (Å²) in [6.45, 7) is 0. The molecule has 12 aromatic heterocycles. The first-order chi connectivity index (χ1) is 72.9. The molecule has 147 heavy (non-hydrogen) atoms. The van der Waals surface area contributed by atoms with E-state index in [0.717, 1.165) is 171 Å². The molecule has 0 spiro atoms. The molecule has 0 N–H and O–H groups in total. The summed E-state index contributed by atoms with van der Waals surface area (Å²) in [7, 11) is 0. The second kappa shape index (κ2) is 32.6. The second-order valence-electron chi connectivity index (χ2n) is 37.9. The third-order valence-corrected chi connectivity index (χ3v) is 31.9. The monoisotopic (exact) mass is 1910 g/mol. The predicted octanol–water partition coefficient (Wildman–Crippen LogP) is 35.1. The van der Waals surface area contributed by atoms with Crippen LogP contribution < -0.4 is 0 Å². The molecule has 12 heterocycles. The van der Waals surface area contributed by atoms with E-state index in [-0.39, 0.29) is 0 Å². The van der Waals surface area contributed by atoms with E-state index < -0.39 is 0 Å². The van der Waals surface area contributed by atoms with Crippen LogP contribution >= 0.6 is 22.7 Å². The van der Waals surface area contributed by atoms with Crippen LogP contribution in [0, 0.1) is 0 Å². The molecule has 15 heteroatoms. The first-order valence-electron chi connectivity index (χ1n) is 49.5. The zero-order valence-electron chi connectivity index (χ0n) is 78.6. The van der Waals surface area contributed by atoms with Crippen LogP contribution in [0.15, 0.2) is 478 Å². The van der Waals surface area contributed by atoms with Crippen molar-refractivity contribution in [2.45, 2.75) is 0 Å². The molecule has 0 amide bonds. The van der Waals surface area contributed by atoms with Crippen LogP contribution in [-0.4, -0.2) is 57.3 Å². The molecular weight excluding hydrogens is 1830 g/mol. The second-order valence-corrected chi connectivity index (χ2v) is 40.0. The molecule has 21 aromatic carbocycles. The van der Waals surface area contributed by atoms with Gasteiger partial charge in [-0.25, -0.2) is 29.9 Å². The van der Waals surface area contributed by atoms with Crippen molar-refractivity contribution in [3.05, 3.63) is 473 Å². The quantitative estimate of drug-likeness (QED) is 0.141. The molecule has 0 aliphatic rings. The molecule has 0 radical (unpaired) electrons. The minimum Gasteiger partial charge on any atom is -0.450 e. The number of furan rings is 1. The van der Waals surface area contributed by atoms with Gasteiger partial charge in [0.05, 0.1) is 76.4 Å². The Bertz CT molecular complexity index is 10900. The molecule has 684 valence electrons. The average molecular weight is 1910 g/mol. The lowest BCUT2D eigenvalue weighted by Gasteiger charge is -2.13. The fourth-order valence-corrected chi connectivity index (χ4v) is 25.3. The third kappa shape index (κ3) is 12.8. The van der Waals surface area contributed by atoms with Crippen molar-refractivity contribution in [2.75, 3.05) is 0 Å². The summed E-state index contributed by atoms with van der Waals surface area (Å²) in [4.78, 5) is 33.5. The number of hydrogen-bond acceptors (Lipinski definition) is 9. The summed E-state index contributed by atoms with van der Waals surface area (Å²) in [6, 6.07) is 168. The van der Waals surface area contributed by atoms with Gasteiger partial charge in [0.25, 0.3) is 0 Å². The summed E-state index contributed by atoms with van der Waals surface area (Å²) in [5.74, 6) is 3.85.